The maximum absolute atomic E-state index is 13.7. The van der Waals surface area contributed by atoms with E-state index in [4.69, 9.17) is 0 Å². The maximum atomic E-state index is 13.7. The molecule has 0 bridgehead atoms. The summed E-state index contributed by atoms with van der Waals surface area (Å²) in [6.45, 7) is 2.16. The number of fused-ring (bicyclic) bond motifs is 1. The van der Waals surface area contributed by atoms with E-state index in [1.165, 1.54) is 12.1 Å². The molecule has 5 rings (SSSR count). The van der Waals surface area contributed by atoms with Crippen LogP contribution in [0.5, 0.6) is 0 Å². The molecule has 2 saturated heterocycles. The van der Waals surface area contributed by atoms with E-state index in [1.807, 2.05) is 17.0 Å². The summed E-state index contributed by atoms with van der Waals surface area (Å²) in [6.07, 6.45) is 5.34. The highest BCUT2D eigenvalue weighted by atomic mass is 19.1. The van der Waals surface area contributed by atoms with Crippen LogP contribution in [0.1, 0.15) is 65.9 Å². The number of halogens is 1. The van der Waals surface area contributed by atoms with Gasteiger partial charge in [0.15, 0.2) is 0 Å². The van der Waals surface area contributed by atoms with Crippen molar-refractivity contribution >= 4 is 5.91 Å². The number of amides is 1. The molecule has 6 heteroatoms. The van der Waals surface area contributed by atoms with Crippen molar-refractivity contribution in [3.63, 3.8) is 0 Å². The lowest BCUT2D eigenvalue weighted by atomic mass is 9.74. The van der Waals surface area contributed by atoms with Gasteiger partial charge in [-0.2, -0.15) is 0 Å². The third kappa shape index (κ3) is 4.99. The fourth-order valence-corrected chi connectivity index (χ4v) is 5.99. The lowest BCUT2D eigenvalue weighted by molar-refractivity contribution is -0.0606. The van der Waals surface area contributed by atoms with Gasteiger partial charge in [0.05, 0.1) is 6.61 Å². The Morgan fingerprint density at radius 2 is 1.80 bits per heavy atom. The summed E-state index contributed by atoms with van der Waals surface area (Å²) >= 11 is 0. The molecule has 3 aliphatic rings. The molecule has 2 aliphatic heterocycles. The van der Waals surface area contributed by atoms with Crippen molar-refractivity contribution in [1.82, 2.24) is 9.80 Å². The maximum Gasteiger partial charge on any atom is 0.254 e. The number of nitrogens with zero attached hydrogens (tertiary/aromatic N) is 2. The molecular weight excluding hydrogens is 443 g/mol. The summed E-state index contributed by atoms with van der Waals surface area (Å²) in [6, 6.07) is 14.1. The van der Waals surface area contributed by atoms with Gasteiger partial charge in [0.1, 0.15) is 11.4 Å². The van der Waals surface area contributed by atoms with E-state index in [-0.39, 0.29) is 30.5 Å². The van der Waals surface area contributed by atoms with Gasteiger partial charge in [-0.05, 0) is 81.0 Å². The molecule has 2 heterocycles. The van der Waals surface area contributed by atoms with Crippen molar-refractivity contribution in [2.24, 2.45) is 0 Å². The molecule has 1 amide bonds. The topological polar surface area (TPSA) is 64.0 Å². The van der Waals surface area contributed by atoms with E-state index in [0.717, 1.165) is 56.2 Å². The van der Waals surface area contributed by atoms with Gasteiger partial charge in [-0.15, -0.1) is 0 Å². The number of carbonyl (C=O) groups excluding carboxylic acids is 1. The number of rotatable bonds is 3. The molecular formula is C29H33FN2O3. The van der Waals surface area contributed by atoms with Crippen molar-refractivity contribution in [1.29, 1.82) is 0 Å². The number of hydrogen-bond donors (Lipinski definition) is 2. The summed E-state index contributed by atoms with van der Waals surface area (Å²) in [7, 11) is 0. The molecule has 1 saturated carbocycles. The van der Waals surface area contributed by atoms with Crippen LogP contribution in [0, 0.1) is 17.7 Å². The zero-order valence-corrected chi connectivity index (χ0v) is 20.0. The summed E-state index contributed by atoms with van der Waals surface area (Å²) in [4.78, 5) is 17.4. The average molecular weight is 477 g/mol. The molecule has 0 radical (unpaired) electrons. The molecule has 5 nitrogen and oxygen atoms in total. The van der Waals surface area contributed by atoms with Crippen molar-refractivity contribution in [3.05, 3.63) is 71.0 Å². The first-order valence-electron chi connectivity index (χ1n) is 12.7. The highest BCUT2D eigenvalue weighted by Gasteiger charge is 2.49. The Morgan fingerprint density at radius 1 is 1.06 bits per heavy atom. The largest absolute Gasteiger partial charge is 0.395 e. The van der Waals surface area contributed by atoms with Gasteiger partial charge in [-0.25, -0.2) is 4.39 Å². The van der Waals surface area contributed by atoms with Gasteiger partial charge in [0.2, 0.25) is 0 Å². The van der Waals surface area contributed by atoms with E-state index >= 15 is 0 Å². The first-order valence-corrected chi connectivity index (χ1v) is 12.7. The van der Waals surface area contributed by atoms with Crippen LogP contribution >= 0.6 is 0 Å². The molecule has 3 fully saturated rings. The molecule has 2 aromatic carbocycles. The second-order valence-corrected chi connectivity index (χ2v) is 10.2. The Kier molecular flexibility index (Phi) is 6.93. The molecule has 1 aliphatic carbocycles. The van der Waals surface area contributed by atoms with E-state index in [9.17, 15) is 19.4 Å². The molecule has 0 aromatic heterocycles. The third-order valence-electron chi connectivity index (χ3n) is 7.89. The quantitative estimate of drug-likeness (QED) is 0.666. The lowest BCUT2D eigenvalue weighted by Gasteiger charge is -2.57. The standard InChI is InChI=1S/C29H33FN2O3/c30-24-7-5-6-23(18-24)28(34)31-16-3-4-17-32-25(19-31)27(26(32)20-33)22-10-8-21(9-11-22)12-15-29(35)13-1-2-14-29/h5-11,18,25-27,33,35H,1-4,13-14,16-17,19-20H2/t25-,26-,27-/m0/s1. The minimum absolute atomic E-state index is 0.0142. The fourth-order valence-electron chi connectivity index (χ4n) is 5.99. The molecule has 2 N–H and O–H groups in total. The number of aliphatic hydroxyl groups is 2. The van der Waals surface area contributed by atoms with E-state index in [1.54, 1.807) is 12.1 Å². The van der Waals surface area contributed by atoms with Crippen LogP contribution in [-0.4, -0.2) is 69.8 Å². The summed E-state index contributed by atoms with van der Waals surface area (Å²) in [5.41, 5.74) is 1.50. The first kappa shape index (κ1) is 24.0. The normalized spacial score (nSPS) is 26.0. The highest BCUT2D eigenvalue weighted by molar-refractivity contribution is 5.94. The van der Waals surface area contributed by atoms with Gasteiger partial charge in [-0.1, -0.05) is 30.0 Å². The zero-order chi connectivity index (χ0) is 24.4. The second-order valence-electron chi connectivity index (χ2n) is 10.2. The Balaban J connectivity index is 1.35. The Morgan fingerprint density at radius 3 is 2.51 bits per heavy atom. The number of aliphatic hydroxyl groups excluding tert-OH is 1. The SMILES string of the molecule is O=C(c1cccc(F)c1)N1CCCCN2[C@@H](CO)[C@@H](c3ccc(C#CC4(O)CCCC4)cc3)[C@@H]2C1. The van der Waals surface area contributed by atoms with Crippen molar-refractivity contribution in [2.75, 3.05) is 26.2 Å². The molecule has 2 aromatic rings. The first-order chi connectivity index (χ1) is 17.0. The third-order valence-corrected chi connectivity index (χ3v) is 7.89. The Bertz CT molecular complexity index is 1120. The summed E-state index contributed by atoms with van der Waals surface area (Å²) in [5, 5.41) is 20.7. The van der Waals surface area contributed by atoms with Gasteiger partial charge >= 0.3 is 0 Å². The minimum atomic E-state index is -0.856. The predicted octanol–water partition coefficient (Wildman–Crippen LogP) is 3.55. The van der Waals surface area contributed by atoms with E-state index < -0.39 is 11.4 Å². The van der Waals surface area contributed by atoms with Crippen LogP contribution in [0.25, 0.3) is 0 Å². The summed E-state index contributed by atoms with van der Waals surface area (Å²) in [5.74, 6) is 5.73. The number of hydrogen-bond acceptors (Lipinski definition) is 4. The number of carbonyl (C=O) groups is 1. The lowest BCUT2D eigenvalue weighted by Crippen LogP contribution is -2.67. The van der Waals surface area contributed by atoms with Crippen molar-refractivity contribution in [3.8, 4) is 11.8 Å². The van der Waals surface area contributed by atoms with Gasteiger partial charge in [-0.3, -0.25) is 9.69 Å². The number of benzene rings is 2. The zero-order valence-electron chi connectivity index (χ0n) is 20.0. The minimum Gasteiger partial charge on any atom is -0.395 e. The van der Waals surface area contributed by atoms with Crippen LogP contribution in [0.4, 0.5) is 4.39 Å². The fraction of sp³-hybridized carbons (Fsp3) is 0.483. The highest BCUT2D eigenvalue weighted by Crippen LogP contribution is 2.42. The van der Waals surface area contributed by atoms with Crippen LogP contribution in [0.3, 0.4) is 0 Å². The van der Waals surface area contributed by atoms with Crippen LogP contribution in [-0.2, 0) is 0 Å². The predicted molar refractivity (Wildman–Crippen MR) is 132 cm³/mol. The molecule has 184 valence electrons. The van der Waals surface area contributed by atoms with Crippen LogP contribution in [0.2, 0.25) is 0 Å². The van der Waals surface area contributed by atoms with E-state index in [0.29, 0.717) is 18.7 Å². The van der Waals surface area contributed by atoms with Gasteiger partial charge in [0.25, 0.3) is 5.91 Å². The van der Waals surface area contributed by atoms with Crippen LogP contribution in [0.15, 0.2) is 48.5 Å². The van der Waals surface area contributed by atoms with E-state index in [2.05, 4.69) is 28.9 Å². The van der Waals surface area contributed by atoms with Crippen molar-refractivity contribution in [2.45, 2.75) is 62.1 Å². The second kappa shape index (κ2) is 10.1. The smallest absolute Gasteiger partial charge is 0.254 e. The molecule has 3 atom stereocenters. The van der Waals surface area contributed by atoms with Crippen molar-refractivity contribution < 1.29 is 19.4 Å². The summed E-state index contributed by atoms with van der Waals surface area (Å²) < 4.78 is 13.7. The van der Waals surface area contributed by atoms with Gasteiger partial charge < -0.3 is 15.1 Å². The van der Waals surface area contributed by atoms with Gasteiger partial charge in [0, 0.05) is 42.2 Å². The molecule has 0 spiro atoms. The molecule has 0 unspecified atom stereocenters. The average Bonchev–Trinajstić information content (AvgIpc) is 3.29. The monoisotopic (exact) mass is 476 g/mol. The Labute approximate surface area is 206 Å². The molecule has 35 heavy (non-hydrogen) atoms. The Hall–Kier alpha value is -2.72. The van der Waals surface area contributed by atoms with Crippen LogP contribution < -0.4 is 0 Å².